The predicted molar refractivity (Wildman–Crippen MR) is 114 cm³/mol. The maximum atomic E-state index is 11.2. The minimum Gasteiger partial charge on any atom is -0.468 e. The van der Waals surface area contributed by atoms with Crippen molar-refractivity contribution < 1.29 is 9.52 Å². The zero-order valence-electron chi connectivity index (χ0n) is 16.6. The molecule has 0 saturated carbocycles. The number of nitrogens with one attached hydrogen (secondary N) is 1. The first-order valence-electron chi connectivity index (χ1n) is 10.4. The van der Waals surface area contributed by atoms with E-state index >= 15 is 0 Å². The van der Waals surface area contributed by atoms with E-state index in [2.05, 4.69) is 24.4 Å². The SMILES string of the molecule is CCCCCC[C@H](N[C@@H](c1ccccc1)[C@H](O)c1ccccc1)c1ccco1. The van der Waals surface area contributed by atoms with Crippen LogP contribution in [0.15, 0.2) is 83.5 Å². The molecular weight excluding hydrogens is 346 g/mol. The van der Waals surface area contributed by atoms with Crippen LogP contribution in [-0.4, -0.2) is 5.11 Å². The monoisotopic (exact) mass is 377 g/mol. The van der Waals surface area contributed by atoms with Crippen LogP contribution in [0.25, 0.3) is 0 Å². The molecule has 2 aromatic carbocycles. The molecule has 0 aliphatic heterocycles. The predicted octanol–water partition coefficient (Wildman–Crippen LogP) is 6.36. The number of rotatable bonds is 11. The Balaban J connectivity index is 1.83. The summed E-state index contributed by atoms with van der Waals surface area (Å²) in [6, 6.07) is 23.8. The van der Waals surface area contributed by atoms with E-state index in [4.69, 9.17) is 4.42 Å². The van der Waals surface area contributed by atoms with Gasteiger partial charge in [0, 0.05) is 0 Å². The van der Waals surface area contributed by atoms with Crippen molar-refractivity contribution in [2.75, 3.05) is 0 Å². The largest absolute Gasteiger partial charge is 0.468 e. The van der Waals surface area contributed by atoms with Crippen molar-refractivity contribution in [3.05, 3.63) is 95.9 Å². The number of unbranched alkanes of at least 4 members (excludes halogenated alkanes) is 3. The highest BCUT2D eigenvalue weighted by molar-refractivity contribution is 5.26. The van der Waals surface area contributed by atoms with E-state index in [0.29, 0.717) is 0 Å². The first kappa shape index (κ1) is 20.4. The number of benzene rings is 2. The van der Waals surface area contributed by atoms with Crippen LogP contribution in [-0.2, 0) is 0 Å². The van der Waals surface area contributed by atoms with Gasteiger partial charge in [0.15, 0.2) is 0 Å². The highest BCUT2D eigenvalue weighted by atomic mass is 16.3. The lowest BCUT2D eigenvalue weighted by Crippen LogP contribution is -2.31. The molecule has 0 spiro atoms. The Labute approximate surface area is 168 Å². The quantitative estimate of drug-likeness (QED) is 0.382. The second-order valence-corrected chi connectivity index (χ2v) is 7.33. The third-order valence-corrected chi connectivity index (χ3v) is 5.23. The normalized spacial score (nSPS) is 14.5. The Morgan fingerprint density at radius 2 is 1.50 bits per heavy atom. The molecular formula is C25H31NO2. The van der Waals surface area contributed by atoms with Crippen molar-refractivity contribution >= 4 is 0 Å². The van der Waals surface area contributed by atoms with Crippen molar-refractivity contribution in [2.24, 2.45) is 0 Å². The lowest BCUT2D eigenvalue weighted by atomic mass is 9.94. The van der Waals surface area contributed by atoms with E-state index in [0.717, 1.165) is 29.7 Å². The van der Waals surface area contributed by atoms with Gasteiger partial charge in [-0.05, 0) is 29.7 Å². The molecule has 1 heterocycles. The average Bonchev–Trinajstić information content (AvgIpc) is 3.29. The van der Waals surface area contributed by atoms with Crippen LogP contribution in [0.1, 0.15) is 74.1 Å². The second-order valence-electron chi connectivity index (χ2n) is 7.33. The Bertz CT molecular complexity index is 771. The molecule has 3 nitrogen and oxygen atoms in total. The molecule has 0 amide bonds. The smallest absolute Gasteiger partial charge is 0.120 e. The summed E-state index contributed by atoms with van der Waals surface area (Å²) in [5.41, 5.74) is 1.98. The molecule has 0 fully saturated rings. The number of aliphatic hydroxyl groups excluding tert-OH is 1. The highest BCUT2D eigenvalue weighted by Gasteiger charge is 2.27. The fraction of sp³-hybridized carbons (Fsp3) is 0.360. The fourth-order valence-corrected chi connectivity index (χ4v) is 3.66. The van der Waals surface area contributed by atoms with Crippen molar-refractivity contribution in [1.29, 1.82) is 0 Å². The molecule has 1 aromatic heterocycles. The molecule has 3 aromatic rings. The molecule has 0 saturated heterocycles. The summed E-state index contributed by atoms with van der Waals surface area (Å²) in [5, 5.41) is 14.9. The van der Waals surface area contributed by atoms with Gasteiger partial charge in [-0.25, -0.2) is 0 Å². The summed E-state index contributed by atoms with van der Waals surface area (Å²) in [6.45, 7) is 2.23. The molecule has 2 N–H and O–H groups in total. The number of aliphatic hydroxyl groups is 1. The van der Waals surface area contributed by atoms with Crippen LogP contribution in [0.4, 0.5) is 0 Å². The molecule has 3 atom stereocenters. The highest BCUT2D eigenvalue weighted by Crippen LogP contribution is 2.33. The molecule has 3 rings (SSSR count). The van der Waals surface area contributed by atoms with Crippen LogP contribution in [0.3, 0.4) is 0 Å². The zero-order chi connectivity index (χ0) is 19.6. The Morgan fingerprint density at radius 1 is 0.821 bits per heavy atom. The molecule has 148 valence electrons. The zero-order valence-corrected chi connectivity index (χ0v) is 16.6. The van der Waals surface area contributed by atoms with E-state index in [-0.39, 0.29) is 12.1 Å². The topological polar surface area (TPSA) is 45.4 Å². The first-order chi connectivity index (χ1) is 13.8. The first-order valence-corrected chi connectivity index (χ1v) is 10.4. The third-order valence-electron chi connectivity index (χ3n) is 5.23. The lowest BCUT2D eigenvalue weighted by molar-refractivity contribution is 0.117. The summed E-state index contributed by atoms with van der Waals surface area (Å²) in [7, 11) is 0. The molecule has 0 unspecified atom stereocenters. The molecule has 28 heavy (non-hydrogen) atoms. The van der Waals surface area contributed by atoms with Gasteiger partial charge in [-0.3, -0.25) is 5.32 Å². The van der Waals surface area contributed by atoms with Crippen molar-refractivity contribution in [3.8, 4) is 0 Å². The van der Waals surface area contributed by atoms with Gasteiger partial charge in [0.25, 0.3) is 0 Å². The molecule has 3 heteroatoms. The van der Waals surface area contributed by atoms with E-state index in [1.807, 2.05) is 60.7 Å². The third kappa shape index (κ3) is 5.57. The Kier molecular flexibility index (Phi) is 7.89. The Morgan fingerprint density at radius 3 is 2.11 bits per heavy atom. The van der Waals surface area contributed by atoms with Gasteiger partial charge in [-0.2, -0.15) is 0 Å². The van der Waals surface area contributed by atoms with Gasteiger partial charge >= 0.3 is 0 Å². The van der Waals surface area contributed by atoms with Crippen LogP contribution >= 0.6 is 0 Å². The fourth-order valence-electron chi connectivity index (χ4n) is 3.66. The lowest BCUT2D eigenvalue weighted by Gasteiger charge is -2.29. The van der Waals surface area contributed by atoms with Crippen molar-refractivity contribution in [3.63, 3.8) is 0 Å². The Hall–Kier alpha value is -2.36. The van der Waals surface area contributed by atoms with Gasteiger partial charge < -0.3 is 9.52 Å². The summed E-state index contributed by atoms with van der Waals surface area (Å²) >= 11 is 0. The molecule has 0 radical (unpaired) electrons. The van der Waals surface area contributed by atoms with E-state index in [1.54, 1.807) is 6.26 Å². The van der Waals surface area contributed by atoms with Gasteiger partial charge in [-0.1, -0.05) is 93.3 Å². The van der Waals surface area contributed by atoms with Gasteiger partial charge in [0.2, 0.25) is 0 Å². The van der Waals surface area contributed by atoms with Crippen molar-refractivity contribution in [1.82, 2.24) is 5.32 Å². The standard InChI is InChI=1S/C25H31NO2/c1-2-3-4-11-17-22(23-18-12-19-28-23)26-24(20-13-7-5-8-14-20)25(27)21-15-9-6-10-16-21/h5-10,12-16,18-19,22,24-27H,2-4,11,17H2,1H3/t22-,24-,25+/m0/s1. The van der Waals surface area contributed by atoms with Crippen molar-refractivity contribution in [2.45, 2.75) is 57.2 Å². The summed E-state index contributed by atoms with van der Waals surface area (Å²) in [4.78, 5) is 0. The van der Waals surface area contributed by atoms with E-state index in [9.17, 15) is 5.11 Å². The van der Waals surface area contributed by atoms with Crippen LogP contribution < -0.4 is 5.32 Å². The minimum absolute atomic E-state index is 0.0652. The van der Waals surface area contributed by atoms with Gasteiger partial charge in [-0.15, -0.1) is 0 Å². The molecule has 0 bridgehead atoms. The second kappa shape index (κ2) is 10.8. The summed E-state index contributed by atoms with van der Waals surface area (Å²) in [5.74, 6) is 0.928. The average molecular weight is 378 g/mol. The van der Waals surface area contributed by atoms with Gasteiger partial charge in [0.05, 0.1) is 24.5 Å². The van der Waals surface area contributed by atoms with Crippen LogP contribution in [0.2, 0.25) is 0 Å². The number of hydrogen-bond donors (Lipinski definition) is 2. The maximum Gasteiger partial charge on any atom is 0.120 e. The minimum atomic E-state index is -0.642. The summed E-state index contributed by atoms with van der Waals surface area (Å²) < 4.78 is 5.73. The van der Waals surface area contributed by atoms with Crippen LogP contribution in [0.5, 0.6) is 0 Å². The van der Waals surface area contributed by atoms with E-state index in [1.165, 1.54) is 19.3 Å². The van der Waals surface area contributed by atoms with Gasteiger partial charge in [0.1, 0.15) is 5.76 Å². The van der Waals surface area contributed by atoms with E-state index < -0.39 is 6.10 Å². The van der Waals surface area contributed by atoms with Crippen LogP contribution in [0, 0.1) is 0 Å². The summed E-state index contributed by atoms with van der Waals surface area (Å²) in [6.07, 6.45) is 6.89. The number of hydrogen-bond acceptors (Lipinski definition) is 3. The molecule has 0 aliphatic rings. The maximum absolute atomic E-state index is 11.2. The molecule has 0 aliphatic carbocycles. The number of furan rings is 1.